The van der Waals surface area contributed by atoms with Gasteiger partial charge in [-0.05, 0) is 70.6 Å². The Bertz CT molecular complexity index is 1580. The number of carbonyl (C=O) groups excluding carboxylic acids is 2. The van der Waals surface area contributed by atoms with Crippen molar-refractivity contribution >= 4 is 11.9 Å². The molecule has 83 heavy (non-hydrogen) atoms. The van der Waals surface area contributed by atoms with Crippen LogP contribution in [0.15, 0.2) is 60.8 Å². The van der Waals surface area contributed by atoms with Crippen LogP contribution < -0.4 is 5.32 Å². The van der Waals surface area contributed by atoms with Crippen LogP contribution in [-0.2, 0) is 23.8 Å². The van der Waals surface area contributed by atoms with Crippen LogP contribution in [0.5, 0.6) is 0 Å². The third-order valence-electron chi connectivity index (χ3n) is 16.5. The van der Waals surface area contributed by atoms with Crippen LogP contribution in [0.25, 0.3) is 0 Å². The SMILES string of the molecule is CC/C=C/C=C/C=C/CCCCCCCCC(O)C(=O)NC(COC1OC(CO)C(O)C(O)C1OC(=O)CCCCCCCCCCCCCCCCCCC/C=C/CCCCCCCC)C(O)/C=C/CCCCCCCCCCCCC. The van der Waals surface area contributed by atoms with Gasteiger partial charge in [-0.15, -0.1) is 0 Å². The van der Waals surface area contributed by atoms with E-state index >= 15 is 0 Å². The van der Waals surface area contributed by atoms with E-state index in [1.165, 1.54) is 193 Å². The van der Waals surface area contributed by atoms with E-state index in [2.05, 4.69) is 68.6 Å². The maximum atomic E-state index is 13.4. The Hall–Kier alpha value is -2.64. The largest absolute Gasteiger partial charge is 0.454 e. The topological polar surface area (TPSA) is 175 Å². The molecule has 0 bridgehead atoms. The van der Waals surface area contributed by atoms with Gasteiger partial charge in [-0.3, -0.25) is 9.59 Å². The highest BCUT2D eigenvalue weighted by Gasteiger charge is 2.47. The van der Waals surface area contributed by atoms with Crippen molar-refractivity contribution in [3.8, 4) is 0 Å². The summed E-state index contributed by atoms with van der Waals surface area (Å²) in [6.07, 6.45) is 65.6. The Balaban J connectivity index is 2.54. The fourth-order valence-electron chi connectivity index (χ4n) is 10.9. The van der Waals surface area contributed by atoms with Crippen LogP contribution in [0, 0.1) is 0 Å². The number of nitrogens with one attached hydrogen (secondary N) is 1. The predicted octanol–water partition coefficient (Wildman–Crippen LogP) is 17.7. The zero-order valence-electron chi connectivity index (χ0n) is 53.8. The molecule has 1 aliphatic heterocycles. The van der Waals surface area contributed by atoms with Gasteiger partial charge >= 0.3 is 5.97 Å². The van der Waals surface area contributed by atoms with E-state index in [4.69, 9.17) is 14.2 Å². The Morgan fingerprint density at radius 2 is 0.880 bits per heavy atom. The summed E-state index contributed by atoms with van der Waals surface area (Å²) < 4.78 is 17.7. The minimum absolute atomic E-state index is 0.124. The lowest BCUT2D eigenvalue weighted by atomic mass is 9.99. The number of hydrogen-bond acceptors (Lipinski definition) is 10. The summed E-state index contributed by atoms with van der Waals surface area (Å²) in [6, 6.07) is -1.03. The molecule has 0 aromatic carbocycles. The lowest BCUT2D eigenvalue weighted by molar-refractivity contribution is -0.305. The van der Waals surface area contributed by atoms with Gasteiger partial charge in [0.15, 0.2) is 12.4 Å². The van der Waals surface area contributed by atoms with E-state index in [9.17, 15) is 35.1 Å². The highest BCUT2D eigenvalue weighted by atomic mass is 16.7. The van der Waals surface area contributed by atoms with Crippen molar-refractivity contribution in [1.29, 1.82) is 0 Å². The molecule has 1 saturated heterocycles. The summed E-state index contributed by atoms with van der Waals surface area (Å²) in [5.74, 6) is -1.20. The van der Waals surface area contributed by atoms with Crippen LogP contribution in [0.2, 0.25) is 0 Å². The molecule has 0 aromatic rings. The smallest absolute Gasteiger partial charge is 0.306 e. The van der Waals surface area contributed by atoms with Gasteiger partial charge < -0.3 is 45.1 Å². The molecule has 1 rings (SSSR count). The Labute approximate surface area is 509 Å². The van der Waals surface area contributed by atoms with Crippen molar-refractivity contribution in [1.82, 2.24) is 5.32 Å². The van der Waals surface area contributed by atoms with Crippen molar-refractivity contribution in [2.45, 2.75) is 372 Å². The lowest BCUT2D eigenvalue weighted by Gasteiger charge is -2.41. The van der Waals surface area contributed by atoms with Gasteiger partial charge in [-0.25, -0.2) is 0 Å². The number of esters is 1. The van der Waals surface area contributed by atoms with Gasteiger partial charge in [0.05, 0.1) is 25.4 Å². The fourth-order valence-corrected chi connectivity index (χ4v) is 10.9. The first-order valence-electron chi connectivity index (χ1n) is 35.1. The second-order valence-electron chi connectivity index (χ2n) is 24.3. The highest BCUT2D eigenvalue weighted by molar-refractivity contribution is 5.80. The number of amides is 1. The van der Waals surface area contributed by atoms with Gasteiger partial charge in [0.1, 0.15) is 24.4 Å². The van der Waals surface area contributed by atoms with E-state index in [1.54, 1.807) is 6.08 Å². The molecule has 1 heterocycles. The van der Waals surface area contributed by atoms with Crippen molar-refractivity contribution < 1.29 is 49.3 Å². The number of unbranched alkanes of at least 4 members (excludes halogenated alkanes) is 40. The van der Waals surface area contributed by atoms with E-state index in [0.717, 1.165) is 83.5 Å². The van der Waals surface area contributed by atoms with Crippen LogP contribution in [0.4, 0.5) is 0 Å². The van der Waals surface area contributed by atoms with Crippen molar-refractivity contribution in [3.05, 3.63) is 60.8 Å². The number of ether oxygens (including phenoxy) is 3. The number of hydrogen-bond donors (Lipinski definition) is 6. The molecule has 0 aromatic heterocycles. The first-order chi connectivity index (χ1) is 40.7. The van der Waals surface area contributed by atoms with Crippen molar-refractivity contribution in [3.63, 3.8) is 0 Å². The summed E-state index contributed by atoms with van der Waals surface area (Å²) in [6.45, 7) is 5.68. The second-order valence-corrected chi connectivity index (χ2v) is 24.3. The van der Waals surface area contributed by atoms with Gasteiger partial charge in [0.25, 0.3) is 0 Å². The molecule has 8 atom stereocenters. The van der Waals surface area contributed by atoms with Gasteiger partial charge in [0.2, 0.25) is 5.91 Å². The maximum absolute atomic E-state index is 13.4. The lowest BCUT2D eigenvalue weighted by Crippen LogP contribution is -2.61. The normalized spacial score (nSPS) is 18.9. The zero-order valence-corrected chi connectivity index (χ0v) is 53.8. The fraction of sp³-hybridized carbons (Fsp3) is 0.833. The van der Waals surface area contributed by atoms with Gasteiger partial charge in [-0.1, -0.05) is 306 Å². The molecule has 1 amide bonds. The molecule has 484 valence electrons. The van der Waals surface area contributed by atoms with Crippen LogP contribution in [0.3, 0.4) is 0 Å². The molecule has 0 spiro atoms. The Morgan fingerprint density at radius 1 is 0.482 bits per heavy atom. The predicted molar refractivity (Wildman–Crippen MR) is 347 cm³/mol. The maximum Gasteiger partial charge on any atom is 0.306 e. The molecule has 0 saturated carbocycles. The number of aliphatic hydroxyl groups excluding tert-OH is 5. The number of carbonyl (C=O) groups is 2. The molecule has 11 heteroatoms. The average Bonchev–Trinajstić information content (AvgIpc) is 3.51. The van der Waals surface area contributed by atoms with E-state index < -0.39 is 67.4 Å². The molecule has 11 nitrogen and oxygen atoms in total. The van der Waals surface area contributed by atoms with Gasteiger partial charge in [-0.2, -0.15) is 0 Å². The molecule has 8 unspecified atom stereocenters. The summed E-state index contributed by atoms with van der Waals surface area (Å²) in [4.78, 5) is 26.6. The molecular formula is C72H131NO10. The first kappa shape index (κ1) is 78.4. The average molecular weight is 1170 g/mol. The third kappa shape index (κ3) is 47.2. The highest BCUT2D eigenvalue weighted by Crippen LogP contribution is 2.26. The second kappa shape index (κ2) is 59.7. The first-order valence-corrected chi connectivity index (χ1v) is 35.1. The van der Waals surface area contributed by atoms with E-state index in [-0.39, 0.29) is 19.4 Å². The minimum atomic E-state index is -1.62. The summed E-state index contributed by atoms with van der Waals surface area (Å²) in [5, 5.41) is 57.1. The third-order valence-corrected chi connectivity index (χ3v) is 16.5. The summed E-state index contributed by atoms with van der Waals surface area (Å²) >= 11 is 0. The quantitative estimate of drug-likeness (QED) is 0.0149. The molecule has 6 N–H and O–H groups in total. The minimum Gasteiger partial charge on any atom is -0.454 e. The number of aliphatic hydroxyl groups is 5. The van der Waals surface area contributed by atoms with Gasteiger partial charge in [0, 0.05) is 6.42 Å². The van der Waals surface area contributed by atoms with Crippen LogP contribution >= 0.6 is 0 Å². The number of allylic oxidation sites excluding steroid dienone is 9. The zero-order chi connectivity index (χ0) is 60.3. The monoisotopic (exact) mass is 1170 g/mol. The summed E-state index contributed by atoms with van der Waals surface area (Å²) in [7, 11) is 0. The van der Waals surface area contributed by atoms with E-state index in [0.29, 0.717) is 12.8 Å². The standard InChI is InChI=1S/C72H131NO10/c1-4-7-10-13-16-19-22-25-27-28-29-30-31-32-33-34-35-36-37-38-39-42-45-48-51-54-57-60-67(77)83-70-69(79)68(78)66(61-74)82-72(70)81-62-63(64(75)58-55-52-49-46-43-40-24-21-18-15-12-9-6-3)73-71(80)65(76)59-56-53-50-47-44-41-26-23-20-17-14-11-8-5-2/h8,11,14,17,20,23,25,27,55,58,63-66,68-70,72,74-76,78-79H,4-7,9-10,12-13,15-16,18-19,21-22,24,26,28-54,56-57,59-62H2,1-3H3,(H,73,80)/b11-8+,17-14+,23-20+,27-25+,58-55+. The Morgan fingerprint density at radius 3 is 1.33 bits per heavy atom. The summed E-state index contributed by atoms with van der Waals surface area (Å²) in [5.41, 5.74) is 0. The Kier molecular flexibility index (Phi) is 56.4. The van der Waals surface area contributed by atoms with Crippen molar-refractivity contribution in [2.24, 2.45) is 0 Å². The van der Waals surface area contributed by atoms with Crippen molar-refractivity contribution in [2.75, 3.05) is 13.2 Å². The molecule has 0 aliphatic carbocycles. The number of rotatable bonds is 60. The van der Waals surface area contributed by atoms with E-state index in [1.807, 2.05) is 12.2 Å². The molecule has 0 radical (unpaired) electrons. The van der Waals surface area contributed by atoms with Crippen LogP contribution in [-0.4, -0.2) is 99.6 Å². The molecule has 1 aliphatic rings. The molecular weight excluding hydrogens is 1040 g/mol. The van der Waals surface area contributed by atoms with Crippen LogP contribution in [0.1, 0.15) is 323 Å². The molecule has 1 fully saturated rings.